The molecular weight excluding hydrogens is 442 g/mol. The van der Waals surface area contributed by atoms with Gasteiger partial charge in [-0.25, -0.2) is 0 Å². The number of fused-ring (bicyclic) bond motifs is 1. The summed E-state index contributed by atoms with van der Waals surface area (Å²) < 4.78 is 7.33. The van der Waals surface area contributed by atoms with E-state index in [-0.39, 0.29) is 11.7 Å². The minimum Gasteiger partial charge on any atom is -0.451 e. The predicted molar refractivity (Wildman–Crippen MR) is 106 cm³/mol. The summed E-state index contributed by atoms with van der Waals surface area (Å²) in [5.74, 6) is 0.757. The van der Waals surface area contributed by atoms with Gasteiger partial charge in [0, 0.05) is 20.5 Å². The molecular formula is C16H10BrN3O2S3. The van der Waals surface area contributed by atoms with Crippen molar-refractivity contribution in [1.29, 1.82) is 0 Å². The van der Waals surface area contributed by atoms with E-state index in [4.69, 9.17) is 4.42 Å². The first-order chi connectivity index (χ1) is 12.2. The maximum Gasteiger partial charge on any atom is 0.293 e. The third-order valence-electron chi connectivity index (χ3n) is 3.25. The van der Waals surface area contributed by atoms with Crippen molar-refractivity contribution in [1.82, 2.24) is 10.2 Å². The van der Waals surface area contributed by atoms with Gasteiger partial charge < -0.3 is 4.42 Å². The highest BCUT2D eigenvalue weighted by Crippen LogP contribution is 2.30. The van der Waals surface area contributed by atoms with Crippen molar-refractivity contribution in [3.8, 4) is 0 Å². The number of hydrogen-bond acceptors (Lipinski definition) is 7. The molecule has 9 heteroatoms. The summed E-state index contributed by atoms with van der Waals surface area (Å²) in [4.78, 5) is 13.6. The molecule has 0 fully saturated rings. The summed E-state index contributed by atoms with van der Waals surface area (Å²) >= 11 is 8.07. The van der Waals surface area contributed by atoms with E-state index in [1.54, 1.807) is 29.2 Å². The number of amides is 1. The standard InChI is InChI=1S/C16H10BrN3O2S3/c17-10-3-4-12-9(6-10)7-13(22-12)14(21)18-15-19-20-16(25-15)24-8-11-2-1-5-23-11/h1-7H,8H2,(H,18,19,21). The molecule has 5 nitrogen and oxygen atoms in total. The fourth-order valence-corrected chi connectivity index (χ4v) is 5.03. The Morgan fingerprint density at radius 2 is 2.20 bits per heavy atom. The van der Waals surface area contributed by atoms with E-state index >= 15 is 0 Å². The number of anilines is 1. The Labute approximate surface area is 163 Å². The topological polar surface area (TPSA) is 68.0 Å². The van der Waals surface area contributed by atoms with Crippen LogP contribution in [0.4, 0.5) is 5.13 Å². The summed E-state index contributed by atoms with van der Waals surface area (Å²) in [7, 11) is 0. The largest absolute Gasteiger partial charge is 0.451 e. The van der Waals surface area contributed by atoms with Gasteiger partial charge in [-0.05, 0) is 35.7 Å². The second-order valence-electron chi connectivity index (χ2n) is 4.99. The van der Waals surface area contributed by atoms with E-state index in [0.29, 0.717) is 10.7 Å². The molecule has 25 heavy (non-hydrogen) atoms. The lowest BCUT2D eigenvalue weighted by Gasteiger charge is -1.96. The molecule has 126 valence electrons. The highest BCUT2D eigenvalue weighted by atomic mass is 79.9. The molecule has 0 aliphatic carbocycles. The van der Waals surface area contributed by atoms with Gasteiger partial charge in [0.15, 0.2) is 10.1 Å². The van der Waals surface area contributed by atoms with Crippen LogP contribution in [-0.4, -0.2) is 16.1 Å². The number of furan rings is 1. The summed E-state index contributed by atoms with van der Waals surface area (Å²) in [6.07, 6.45) is 0. The summed E-state index contributed by atoms with van der Waals surface area (Å²) in [6, 6.07) is 11.4. The van der Waals surface area contributed by atoms with E-state index in [2.05, 4.69) is 37.5 Å². The lowest BCUT2D eigenvalue weighted by atomic mass is 10.2. The van der Waals surface area contributed by atoms with Crippen molar-refractivity contribution in [3.05, 3.63) is 56.9 Å². The van der Waals surface area contributed by atoms with Gasteiger partial charge in [-0.1, -0.05) is 45.1 Å². The van der Waals surface area contributed by atoms with Crippen molar-refractivity contribution in [2.24, 2.45) is 0 Å². The van der Waals surface area contributed by atoms with E-state index < -0.39 is 0 Å². The van der Waals surface area contributed by atoms with Gasteiger partial charge in [-0.15, -0.1) is 21.5 Å². The number of halogens is 1. The monoisotopic (exact) mass is 451 g/mol. The third kappa shape index (κ3) is 3.95. The number of carbonyl (C=O) groups excluding carboxylic acids is 1. The first-order valence-electron chi connectivity index (χ1n) is 7.16. The highest BCUT2D eigenvalue weighted by molar-refractivity contribution is 9.10. The molecule has 4 aromatic rings. The van der Waals surface area contributed by atoms with Gasteiger partial charge in [0.2, 0.25) is 5.13 Å². The maximum absolute atomic E-state index is 12.3. The average molecular weight is 452 g/mol. The maximum atomic E-state index is 12.3. The SMILES string of the molecule is O=C(Nc1nnc(SCc2cccs2)s1)c1cc2cc(Br)ccc2o1. The van der Waals surface area contributed by atoms with E-state index in [1.807, 2.05) is 29.6 Å². The Morgan fingerprint density at radius 1 is 1.28 bits per heavy atom. The van der Waals surface area contributed by atoms with Crippen molar-refractivity contribution in [3.63, 3.8) is 0 Å². The Bertz CT molecular complexity index is 1030. The minimum atomic E-state index is -0.335. The zero-order valence-corrected chi connectivity index (χ0v) is 16.6. The van der Waals surface area contributed by atoms with Crippen LogP contribution in [0.15, 0.2) is 55.0 Å². The van der Waals surface area contributed by atoms with Crippen molar-refractivity contribution in [2.75, 3.05) is 5.32 Å². The quantitative estimate of drug-likeness (QED) is 0.313. The van der Waals surface area contributed by atoms with Gasteiger partial charge in [-0.3, -0.25) is 10.1 Å². The summed E-state index contributed by atoms with van der Waals surface area (Å²) in [6.45, 7) is 0. The Hall–Kier alpha value is -1.68. The number of thiophene rings is 1. The molecule has 0 saturated heterocycles. The molecule has 0 bridgehead atoms. The van der Waals surface area contributed by atoms with Crippen LogP contribution in [0.2, 0.25) is 0 Å². The molecule has 0 saturated carbocycles. The number of benzene rings is 1. The van der Waals surface area contributed by atoms with Gasteiger partial charge in [0.25, 0.3) is 5.91 Å². The predicted octanol–water partition coefficient (Wildman–Crippen LogP) is 5.65. The minimum absolute atomic E-state index is 0.246. The van der Waals surface area contributed by atoms with Crippen molar-refractivity contribution in [2.45, 2.75) is 10.1 Å². The fraction of sp³-hybridized carbons (Fsp3) is 0.0625. The fourth-order valence-electron chi connectivity index (χ4n) is 2.13. The number of carbonyl (C=O) groups is 1. The second kappa shape index (κ2) is 7.28. The molecule has 0 radical (unpaired) electrons. The normalized spacial score (nSPS) is 11.1. The lowest BCUT2D eigenvalue weighted by Crippen LogP contribution is -2.10. The van der Waals surface area contributed by atoms with Crippen LogP contribution in [-0.2, 0) is 5.75 Å². The third-order valence-corrected chi connectivity index (χ3v) is 6.82. The van der Waals surface area contributed by atoms with Crippen LogP contribution in [0.3, 0.4) is 0 Å². The Morgan fingerprint density at radius 3 is 3.04 bits per heavy atom. The van der Waals surface area contributed by atoms with Crippen LogP contribution >= 0.6 is 50.4 Å². The number of aromatic nitrogens is 2. The zero-order valence-electron chi connectivity index (χ0n) is 12.6. The molecule has 3 aromatic heterocycles. The highest BCUT2D eigenvalue weighted by Gasteiger charge is 2.15. The van der Waals surface area contributed by atoms with Crippen LogP contribution in [0.25, 0.3) is 11.0 Å². The molecule has 3 heterocycles. The molecule has 1 amide bonds. The number of nitrogens with one attached hydrogen (secondary N) is 1. The molecule has 0 atom stereocenters. The molecule has 4 rings (SSSR count). The van der Waals surface area contributed by atoms with Gasteiger partial charge in [0.1, 0.15) is 5.58 Å². The summed E-state index contributed by atoms with van der Waals surface area (Å²) in [5.41, 5.74) is 0.665. The van der Waals surface area contributed by atoms with Crippen molar-refractivity contribution < 1.29 is 9.21 Å². The Kier molecular flexibility index (Phi) is 4.89. The van der Waals surface area contributed by atoms with Crippen LogP contribution in [0.5, 0.6) is 0 Å². The average Bonchev–Trinajstić information content (AvgIpc) is 3.33. The molecule has 0 aliphatic rings. The van der Waals surface area contributed by atoms with Crippen LogP contribution < -0.4 is 5.32 Å². The molecule has 0 aliphatic heterocycles. The smallest absolute Gasteiger partial charge is 0.293 e. The van der Waals surface area contributed by atoms with Gasteiger partial charge >= 0.3 is 0 Å². The van der Waals surface area contributed by atoms with E-state index in [1.165, 1.54) is 16.2 Å². The Balaban J connectivity index is 1.43. The second-order valence-corrected chi connectivity index (χ2v) is 9.14. The first-order valence-corrected chi connectivity index (χ1v) is 10.6. The van der Waals surface area contributed by atoms with E-state index in [0.717, 1.165) is 20.0 Å². The number of thioether (sulfide) groups is 1. The molecule has 0 unspecified atom stereocenters. The first kappa shape index (κ1) is 16.8. The molecule has 0 spiro atoms. The van der Waals surface area contributed by atoms with Crippen molar-refractivity contribution >= 4 is 72.4 Å². The van der Waals surface area contributed by atoms with Crippen LogP contribution in [0, 0.1) is 0 Å². The lowest BCUT2D eigenvalue weighted by molar-refractivity contribution is 0.0998. The number of hydrogen-bond donors (Lipinski definition) is 1. The van der Waals surface area contributed by atoms with Crippen LogP contribution in [0.1, 0.15) is 15.4 Å². The molecule has 1 aromatic carbocycles. The van der Waals surface area contributed by atoms with E-state index in [9.17, 15) is 4.79 Å². The zero-order chi connectivity index (χ0) is 17.2. The van der Waals surface area contributed by atoms with Gasteiger partial charge in [0.05, 0.1) is 0 Å². The number of rotatable bonds is 5. The van der Waals surface area contributed by atoms with Gasteiger partial charge in [-0.2, -0.15) is 0 Å². The molecule has 1 N–H and O–H groups in total. The number of nitrogens with zero attached hydrogens (tertiary/aromatic N) is 2. The summed E-state index contributed by atoms with van der Waals surface area (Å²) in [5, 5.41) is 14.2.